The van der Waals surface area contributed by atoms with E-state index in [4.69, 9.17) is 4.74 Å². The van der Waals surface area contributed by atoms with Gasteiger partial charge in [0.2, 0.25) is 0 Å². The van der Waals surface area contributed by atoms with Gasteiger partial charge in [-0.05, 0) is 37.0 Å². The van der Waals surface area contributed by atoms with Crippen molar-refractivity contribution in [1.29, 1.82) is 0 Å². The number of rotatable bonds is 2. The van der Waals surface area contributed by atoms with Crippen molar-refractivity contribution >= 4 is 11.8 Å². The van der Waals surface area contributed by atoms with Crippen molar-refractivity contribution in [3.05, 3.63) is 0 Å². The Balaban J connectivity index is 1.61. The molecule has 18 heavy (non-hydrogen) atoms. The second-order valence-electron chi connectivity index (χ2n) is 6.60. The lowest BCUT2D eigenvalue weighted by Crippen LogP contribution is -2.66. The highest BCUT2D eigenvalue weighted by atomic mass is 19.3. The van der Waals surface area contributed by atoms with Crippen LogP contribution in [0.1, 0.15) is 32.6 Å². The van der Waals surface area contributed by atoms with Crippen LogP contribution in [-0.4, -0.2) is 23.3 Å². The highest BCUT2D eigenvalue weighted by Gasteiger charge is 2.83. The number of fused-ring (bicyclic) bond motifs is 1. The fraction of sp³-hybridized carbons (Fsp3) is 0.846. The van der Waals surface area contributed by atoms with E-state index in [9.17, 15) is 18.4 Å². The van der Waals surface area contributed by atoms with Gasteiger partial charge in [-0.15, -0.1) is 0 Å². The summed E-state index contributed by atoms with van der Waals surface area (Å²) in [5.41, 5.74) is -0.743. The van der Waals surface area contributed by atoms with Gasteiger partial charge in [0.25, 0.3) is 0 Å². The second kappa shape index (κ2) is 2.63. The standard InChI is InChI=1S/C13H14F2O3/c1-11(14,15)10(17)18-12-3-6-2-7-9(16)8(4-12)13(6,7)5-12/h6-8H,2-5H2,1H3. The maximum atomic E-state index is 12.9. The molecule has 0 saturated heterocycles. The van der Waals surface area contributed by atoms with Crippen LogP contribution >= 0.6 is 0 Å². The van der Waals surface area contributed by atoms with Crippen LogP contribution in [0.15, 0.2) is 0 Å². The smallest absolute Gasteiger partial charge is 0.377 e. The summed E-state index contributed by atoms with van der Waals surface area (Å²) in [4.78, 5) is 23.2. The van der Waals surface area contributed by atoms with Crippen molar-refractivity contribution in [2.45, 2.75) is 44.1 Å². The van der Waals surface area contributed by atoms with Gasteiger partial charge in [-0.25, -0.2) is 4.79 Å². The number of alkyl halides is 2. The Bertz CT molecular complexity index is 483. The first-order valence-electron chi connectivity index (χ1n) is 6.44. The van der Waals surface area contributed by atoms with Gasteiger partial charge in [-0.1, -0.05) is 0 Å². The molecule has 4 aliphatic carbocycles. The first-order valence-corrected chi connectivity index (χ1v) is 6.44. The van der Waals surface area contributed by atoms with E-state index in [1.165, 1.54) is 0 Å². The van der Waals surface area contributed by atoms with Crippen LogP contribution in [0.5, 0.6) is 0 Å². The van der Waals surface area contributed by atoms with Crippen molar-refractivity contribution in [3.8, 4) is 0 Å². The molecule has 0 aromatic heterocycles. The van der Waals surface area contributed by atoms with Crippen LogP contribution in [0, 0.1) is 23.2 Å². The first kappa shape index (κ1) is 10.9. The number of esters is 1. The van der Waals surface area contributed by atoms with E-state index in [-0.39, 0.29) is 23.0 Å². The lowest BCUT2D eigenvalue weighted by atomic mass is 9.38. The molecule has 4 fully saturated rings. The van der Waals surface area contributed by atoms with E-state index in [0.717, 1.165) is 6.42 Å². The largest absolute Gasteiger partial charge is 0.455 e. The molecule has 2 bridgehead atoms. The minimum atomic E-state index is -3.45. The number of ketones is 1. The Hall–Kier alpha value is -1.00. The number of ether oxygens (including phenoxy) is 1. The molecule has 0 aromatic rings. The number of hydrogen-bond acceptors (Lipinski definition) is 3. The van der Waals surface area contributed by atoms with Gasteiger partial charge in [0.15, 0.2) is 0 Å². The molecule has 5 unspecified atom stereocenters. The minimum absolute atomic E-state index is 0.0201. The summed E-state index contributed by atoms with van der Waals surface area (Å²) in [6.45, 7) is 0.561. The van der Waals surface area contributed by atoms with Crippen LogP contribution in [0.2, 0.25) is 0 Å². The molecule has 1 spiro atoms. The zero-order valence-electron chi connectivity index (χ0n) is 10.0. The number of carbonyl (C=O) groups is 2. The number of Topliss-reactive ketones (excluding diaryl/α,β-unsaturated/α-hetero) is 1. The molecule has 0 aromatic carbocycles. The Morgan fingerprint density at radius 1 is 1.39 bits per heavy atom. The monoisotopic (exact) mass is 256 g/mol. The quantitative estimate of drug-likeness (QED) is 0.709. The van der Waals surface area contributed by atoms with E-state index in [0.29, 0.717) is 32.1 Å². The maximum absolute atomic E-state index is 12.9. The molecular formula is C13H14F2O3. The Kier molecular flexibility index (Phi) is 1.59. The van der Waals surface area contributed by atoms with Crippen molar-refractivity contribution < 1.29 is 23.1 Å². The van der Waals surface area contributed by atoms with Crippen LogP contribution in [0.4, 0.5) is 8.78 Å². The predicted molar refractivity (Wildman–Crippen MR) is 55.8 cm³/mol. The third-order valence-corrected chi connectivity index (χ3v) is 5.76. The second-order valence-corrected chi connectivity index (χ2v) is 6.60. The molecule has 5 atom stereocenters. The summed E-state index contributed by atoms with van der Waals surface area (Å²) < 4.78 is 31.0. The van der Waals surface area contributed by atoms with Crippen LogP contribution in [0.25, 0.3) is 0 Å². The molecule has 4 rings (SSSR count). The molecule has 0 radical (unpaired) electrons. The van der Waals surface area contributed by atoms with Gasteiger partial charge in [-0.3, -0.25) is 4.79 Å². The summed E-state index contributed by atoms with van der Waals surface area (Å²) >= 11 is 0. The van der Waals surface area contributed by atoms with Gasteiger partial charge < -0.3 is 4.74 Å². The van der Waals surface area contributed by atoms with Crippen molar-refractivity contribution in [2.75, 3.05) is 0 Å². The SMILES string of the molecule is CC(F)(F)C(=O)OC12CC3CC4C(=O)C(C1)C34C2. The van der Waals surface area contributed by atoms with Gasteiger partial charge in [0.1, 0.15) is 11.4 Å². The zero-order valence-corrected chi connectivity index (χ0v) is 10.0. The van der Waals surface area contributed by atoms with Crippen molar-refractivity contribution in [3.63, 3.8) is 0 Å². The van der Waals surface area contributed by atoms with E-state index >= 15 is 0 Å². The molecule has 4 saturated carbocycles. The third kappa shape index (κ3) is 0.938. The molecular weight excluding hydrogens is 242 g/mol. The van der Waals surface area contributed by atoms with E-state index < -0.39 is 17.5 Å². The van der Waals surface area contributed by atoms with Crippen LogP contribution in [-0.2, 0) is 14.3 Å². The van der Waals surface area contributed by atoms with Crippen LogP contribution in [0.3, 0.4) is 0 Å². The Labute approximate surface area is 103 Å². The van der Waals surface area contributed by atoms with E-state index in [1.54, 1.807) is 0 Å². The summed E-state index contributed by atoms with van der Waals surface area (Å²) in [7, 11) is 0. The van der Waals surface area contributed by atoms with Gasteiger partial charge >= 0.3 is 11.9 Å². The number of hydrogen-bond donors (Lipinski definition) is 0. The number of carbonyl (C=O) groups excluding carboxylic acids is 2. The fourth-order valence-corrected chi connectivity index (χ4v) is 5.13. The molecule has 0 heterocycles. The predicted octanol–water partition coefficient (Wildman–Crippen LogP) is 1.94. The first-order chi connectivity index (χ1) is 8.29. The summed E-state index contributed by atoms with van der Waals surface area (Å²) in [6, 6.07) is 0. The molecule has 0 amide bonds. The fourth-order valence-electron chi connectivity index (χ4n) is 5.13. The average Bonchev–Trinajstić information content (AvgIpc) is 2.69. The van der Waals surface area contributed by atoms with E-state index in [2.05, 4.69) is 0 Å². The van der Waals surface area contributed by atoms with E-state index in [1.807, 2.05) is 0 Å². The molecule has 0 N–H and O–H groups in total. The third-order valence-electron chi connectivity index (χ3n) is 5.76. The van der Waals surface area contributed by atoms with Gasteiger partial charge in [0, 0.05) is 18.8 Å². The Morgan fingerprint density at radius 2 is 2.11 bits per heavy atom. The number of halogens is 2. The Morgan fingerprint density at radius 3 is 2.72 bits per heavy atom. The molecule has 5 heteroatoms. The lowest BCUT2D eigenvalue weighted by molar-refractivity contribution is -0.197. The highest BCUT2D eigenvalue weighted by molar-refractivity contribution is 5.95. The molecule has 98 valence electrons. The average molecular weight is 256 g/mol. The molecule has 0 aliphatic heterocycles. The topological polar surface area (TPSA) is 43.4 Å². The highest BCUT2D eigenvalue weighted by Crippen LogP contribution is 2.81. The minimum Gasteiger partial charge on any atom is -0.455 e. The van der Waals surface area contributed by atoms with Crippen molar-refractivity contribution in [1.82, 2.24) is 0 Å². The molecule has 3 nitrogen and oxygen atoms in total. The molecule has 4 aliphatic rings. The van der Waals surface area contributed by atoms with Gasteiger partial charge in [-0.2, -0.15) is 8.78 Å². The normalized spacial score (nSPS) is 51.5. The zero-order chi connectivity index (χ0) is 12.9. The maximum Gasteiger partial charge on any atom is 0.377 e. The summed E-state index contributed by atoms with van der Waals surface area (Å²) in [6.07, 6.45) is 2.65. The van der Waals surface area contributed by atoms with Crippen LogP contribution < -0.4 is 0 Å². The summed E-state index contributed by atoms with van der Waals surface area (Å²) in [5, 5.41) is 0. The summed E-state index contributed by atoms with van der Waals surface area (Å²) in [5.74, 6) is -4.08. The van der Waals surface area contributed by atoms with Gasteiger partial charge in [0.05, 0.1) is 0 Å². The lowest BCUT2D eigenvalue weighted by Gasteiger charge is -2.64. The van der Waals surface area contributed by atoms with Crippen molar-refractivity contribution in [2.24, 2.45) is 23.2 Å².